The molecule has 0 bridgehead atoms. The molecule has 7 nitrogen and oxygen atoms in total. The number of rotatable bonds is 2. The Morgan fingerprint density at radius 1 is 1.42 bits per heavy atom. The monoisotopic (exact) mass is 260 g/mol. The first-order valence-electron chi connectivity index (χ1n) is 6.60. The van der Waals surface area contributed by atoms with Gasteiger partial charge in [0, 0.05) is 31.5 Å². The maximum Gasteiger partial charge on any atom is 0.0930 e. The van der Waals surface area contributed by atoms with E-state index in [2.05, 4.69) is 25.2 Å². The van der Waals surface area contributed by atoms with Crippen LogP contribution in [0.4, 0.5) is 0 Å². The molecule has 1 saturated heterocycles. The molecule has 100 valence electrons. The number of hydrogen-bond acceptors (Lipinski definition) is 5. The lowest BCUT2D eigenvalue weighted by Crippen LogP contribution is -2.47. The van der Waals surface area contributed by atoms with Crippen LogP contribution in [0.1, 0.15) is 23.9 Å². The van der Waals surface area contributed by atoms with Crippen molar-refractivity contribution in [2.75, 3.05) is 13.1 Å². The van der Waals surface area contributed by atoms with Crippen molar-refractivity contribution in [1.82, 2.24) is 29.9 Å². The fourth-order valence-electron chi connectivity index (χ4n) is 3.00. The van der Waals surface area contributed by atoms with Gasteiger partial charge in [-0.2, -0.15) is 0 Å². The summed E-state index contributed by atoms with van der Waals surface area (Å²) in [5, 5.41) is 8.21. The van der Waals surface area contributed by atoms with Gasteiger partial charge in [-0.1, -0.05) is 5.21 Å². The maximum atomic E-state index is 5.90. The number of fused-ring (bicyclic) bond motifs is 3. The summed E-state index contributed by atoms with van der Waals surface area (Å²) in [4.78, 5) is 9.63. The molecule has 0 unspecified atom stereocenters. The summed E-state index contributed by atoms with van der Waals surface area (Å²) in [6.45, 7) is 3.52. The molecule has 2 aliphatic rings. The van der Waals surface area contributed by atoms with E-state index in [1.807, 2.05) is 10.9 Å². The van der Waals surface area contributed by atoms with Crippen molar-refractivity contribution < 1.29 is 4.74 Å². The molecule has 2 aliphatic heterocycles. The SMILES string of the molecule is c1ncc(CN2CC[C@H]3OCc4cnnn4[C@H]3C2)[nH]1. The zero-order valence-electron chi connectivity index (χ0n) is 10.6. The highest BCUT2D eigenvalue weighted by molar-refractivity contribution is 5.02. The second-order valence-electron chi connectivity index (χ2n) is 5.19. The highest BCUT2D eigenvalue weighted by atomic mass is 16.5. The van der Waals surface area contributed by atoms with Crippen molar-refractivity contribution in [3.63, 3.8) is 0 Å². The van der Waals surface area contributed by atoms with Crippen molar-refractivity contribution >= 4 is 0 Å². The van der Waals surface area contributed by atoms with E-state index >= 15 is 0 Å². The summed E-state index contributed by atoms with van der Waals surface area (Å²) in [7, 11) is 0. The van der Waals surface area contributed by atoms with Crippen molar-refractivity contribution in [3.8, 4) is 0 Å². The number of aromatic amines is 1. The van der Waals surface area contributed by atoms with Crippen molar-refractivity contribution in [3.05, 3.63) is 30.1 Å². The van der Waals surface area contributed by atoms with E-state index in [-0.39, 0.29) is 12.1 Å². The number of piperidine rings is 1. The minimum Gasteiger partial charge on any atom is -0.370 e. The molecule has 19 heavy (non-hydrogen) atoms. The Morgan fingerprint density at radius 2 is 2.42 bits per heavy atom. The Morgan fingerprint density at radius 3 is 3.32 bits per heavy atom. The van der Waals surface area contributed by atoms with Gasteiger partial charge in [0.05, 0.1) is 37.0 Å². The average molecular weight is 260 g/mol. The van der Waals surface area contributed by atoms with Gasteiger partial charge in [-0.25, -0.2) is 9.67 Å². The van der Waals surface area contributed by atoms with E-state index in [1.165, 1.54) is 0 Å². The molecule has 2 aromatic rings. The fraction of sp³-hybridized carbons (Fsp3) is 0.583. The Hall–Kier alpha value is -1.73. The zero-order chi connectivity index (χ0) is 12.7. The van der Waals surface area contributed by atoms with E-state index < -0.39 is 0 Å². The summed E-state index contributed by atoms with van der Waals surface area (Å²) in [5.74, 6) is 0. The van der Waals surface area contributed by atoms with Crippen LogP contribution in [0.5, 0.6) is 0 Å². The van der Waals surface area contributed by atoms with Gasteiger partial charge in [-0.05, 0) is 6.42 Å². The third kappa shape index (κ3) is 1.95. The molecular weight excluding hydrogens is 244 g/mol. The summed E-state index contributed by atoms with van der Waals surface area (Å²) < 4.78 is 7.94. The predicted octanol–water partition coefficient (Wildman–Crippen LogP) is 0.347. The first kappa shape index (κ1) is 11.1. The topological polar surface area (TPSA) is 71.9 Å². The quantitative estimate of drug-likeness (QED) is 0.843. The Kier molecular flexibility index (Phi) is 2.59. The first-order chi connectivity index (χ1) is 9.40. The number of likely N-dealkylation sites (tertiary alicyclic amines) is 1. The number of H-pyrrole nitrogens is 1. The van der Waals surface area contributed by atoms with Crippen LogP contribution in [-0.2, 0) is 17.9 Å². The van der Waals surface area contributed by atoms with Crippen molar-refractivity contribution in [1.29, 1.82) is 0 Å². The van der Waals surface area contributed by atoms with Crippen LogP contribution < -0.4 is 0 Å². The van der Waals surface area contributed by atoms with Crippen LogP contribution in [-0.4, -0.2) is 49.1 Å². The number of hydrogen-bond donors (Lipinski definition) is 1. The van der Waals surface area contributed by atoms with Gasteiger partial charge in [0.25, 0.3) is 0 Å². The molecule has 1 fully saturated rings. The number of nitrogens with zero attached hydrogens (tertiary/aromatic N) is 5. The van der Waals surface area contributed by atoms with Gasteiger partial charge in [0.1, 0.15) is 0 Å². The second-order valence-corrected chi connectivity index (χ2v) is 5.19. The molecule has 0 spiro atoms. The van der Waals surface area contributed by atoms with Gasteiger partial charge in [0.2, 0.25) is 0 Å². The van der Waals surface area contributed by atoms with Gasteiger partial charge < -0.3 is 9.72 Å². The van der Waals surface area contributed by atoms with E-state index in [4.69, 9.17) is 4.74 Å². The van der Waals surface area contributed by atoms with Crippen LogP contribution in [0.3, 0.4) is 0 Å². The lowest BCUT2D eigenvalue weighted by atomic mass is 10.0. The summed E-state index contributed by atoms with van der Waals surface area (Å²) in [5.41, 5.74) is 2.22. The molecule has 2 aromatic heterocycles. The van der Waals surface area contributed by atoms with E-state index in [0.29, 0.717) is 6.61 Å². The molecule has 0 radical (unpaired) electrons. The number of nitrogens with one attached hydrogen (secondary N) is 1. The maximum absolute atomic E-state index is 5.90. The molecule has 4 rings (SSSR count). The van der Waals surface area contributed by atoms with Crippen LogP contribution >= 0.6 is 0 Å². The Labute approximate surface area is 110 Å². The van der Waals surface area contributed by atoms with Crippen LogP contribution in [0.2, 0.25) is 0 Å². The highest BCUT2D eigenvalue weighted by Crippen LogP contribution is 2.30. The van der Waals surface area contributed by atoms with Gasteiger partial charge in [-0.3, -0.25) is 4.90 Å². The molecule has 7 heteroatoms. The largest absolute Gasteiger partial charge is 0.370 e. The molecule has 0 amide bonds. The number of aromatic nitrogens is 5. The zero-order valence-corrected chi connectivity index (χ0v) is 10.6. The lowest BCUT2D eigenvalue weighted by molar-refractivity contribution is -0.0671. The van der Waals surface area contributed by atoms with E-state index in [0.717, 1.165) is 37.4 Å². The Bertz CT molecular complexity index is 550. The highest BCUT2D eigenvalue weighted by Gasteiger charge is 2.36. The van der Waals surface area contributed by atoms with Crippen LogP contribution in [0, 0.1) is 0 Å². The third-order valence-electron chi connectivity index (χ3n) is 3.96. The van der Waals surface area contributed by atoms with Gasteiger partial charge >= 0.3 is 0 Å². The van der Waals surface area contributed by atoms with E-state index in [1.54, 1.807) is 12.5 Å². The smallest absolute Gasteiger partial charge is 0.0930 e. The van der Waals surface area contributed by atoms with Crippen LogP contribution in [0.25, 0.3) is 0 Å². The van der Waals surface area contributed by atoms with Gasteiger partial charge in [-0.15, -0.1) is 5.10 Å². The lowest BCUT2D eigenvalue weighted by Gasteiger charge is -2.40. The third-order valence-corrected chi connectivity index (χ3v) is 3.96. The molecule has 1 N–H and O–H groups in total. The minimum absolute atomic E-state index is 0.271. The summed E-state index contributed by atoms with van der Waals surface area (Å²) in [6, 6.07) is 0.280. The predicted molar refractivity (Wildman–Crippen MR) is 66.1 cm³/mol. The standard InChI is InChI=1S/C12H16N6O/c1-2-17(5-9-3-13-8-14-9)6-11-12(1)19-7-10-4-15-16-18(10)11/h3-4,8,11-12H,1-2,5-7H2,(H,13,14)/t11-,12+/m0/s1. The molecule has 0 aliphatic carbocycles. The molecular formula is C12H16N6O. The first-order valence-corrected chi connectivity index (χ1v) is 6.60. The van der Waals surface area contributed by atoms with Crippen molar-refractivity contribution in [2.45, 2.75) is 31.7 Å². The molecule has 0 aromatic carbocycles. The number of imidazole rings is 1. The minimum atomic E-state index is 0.271. The Balaban J connectivity index is 1.52. The summed E-state index contributed by atoms with van der Waals surface area (Å²) >= 11 is 0. The molecule has 4 heterocycles. The fourth-order valence-corrected chi connectivity index (χ4v) is 3.00. The normalized spacial score (nSPS) is 26.9. The molecule has 2 atom stereocenters. The van der Waals surface area contributed by atoms with Crippen LogP contribution in [0.15, 0.2) is 18.7 Å². The van der Waals surface area contributed by atoms with Gasteiger partial charge in [0.15, 0.2) is 0 Å². The summed E-state index contributed by atoms with van der Waals surface area (Å²) in [6.07, 6.45) is 6.71. The second kappa shape index (κ2) is 4.43. The number of ether oxygens (including phenoxy) is 1. The van der Waals surface area contributed by atoms with Crippen molar-refractivity contribution in [2.24, 2.45) is 0 Å². The molecule has 0 saturated carbocycles. The van der Waals surface area contributed by atoms with E-state index in [9.17, 15) is 0 Å². The average Bonchev–Trinajstić information content (AvgIpc) is 3.08.